The van der Waals surface area contributed by atoms with Crippen molar-refractivity contribution in [1.82, 2.24) is 35.5 Å². The number of anilines is 3. The number of aryl methyl sites for hydroxylation is 5. The molecule has 20 nitrogen and oxygen atoms in total. The van der Waals surface area contributed by atoms with Crippen LogP contribution in [0.4, 0.5) is 17.3 Å². The highest BCUT2D eigenvalue weighted by atomic mass is 32.2. The van der Waals surface area contributed by atoms with E-state index in [1.807, 2.05) is 58.2 Å². The van der Waals surface area contributed by atoms with E-state index in [4.69, 9.17) is 33.9 Å². The number of nitrogens with one attached hydrogen (secondary N) is 4. The van der Waals surface area contributed by atoms with E-state index in [1.54, 1.807) is 57.4 Å². The van der Waals surface area contributed by atoms with Crippen molar-refractivity contribution in [2.45, 2.75) is 98.2 Å². The fraction of sp³-hybridized carbons (Fsp3) is 0.340. The molecule has 2 heterocycles. The summed E-state index contributed by atoms with van der Waals surface area (Å²) in [6, 6.07) is 19.1. The molecule has 0 bridgehead atoms. The number of nitrogen functional groups attached to an aromatic ring is 2. The SMILES string of the molecule is CNc1cc(C(=O)NC2CC2)ccc1C.CS/C(C)=C(\C#N)C(N)=O.Cc1ccc(C(=O)NC2CC2)cc1-n1nc(C)c(C(N)=O)c1N.Cc1ccc(C(=O)NC2CC2)cc1-n1nc(C)c(C(N)=O)c1N. The number of aromatic nitrogens is 4. The Hall–Kier alpha value is -8.12. The van der Waals surface area contributed by atoms with Gasteiger partial charge in [-0.25, -0.2) is 9.36 Å². The van der Waals surface area contributed by atoms with Gasteiger partial charge in [0.05, 0.1) is 22.8 Å². The molecule has 3 aromatic carbocycles. The second kappa shape index (κ2) is 23.5. The second-order valence-electron chi connectivity index (χ2n) is 17.4. The van der Waals surface area contributed by atoms with Crippen molar-refractivity contribution < 1.29 is 28.8 Å². The first kappa shape index (κ1) is 53.8. The predicted molar refractivity (Wildman–Crippen MR) is 275 cm³/mol. The highest BCUT2D eigenvalue weighted by Crippen LogP contribution is 2.27. The number of nitriles is 1. The lowest BCUT2D eigenvalue weighted by molar-refractivity contribution is -0.114. The van der Waals surface area contributed by atoms with Crippen LogP contribution in [0.5, 0.6) is 0 Å². The molecular formula is C50H62N14O6S. The van der Waals surface area contributed by atoms with Crippen LogP contribution in [0.3, 0.4) is 0 Å². The van der Waals surface area contributed by atoms with E-state index in [2.05, 4.69) is 31.5 Å². The molecule has 0 spiro atoms. The lowest BCUT2D eigenvalue weighted by atomic mass is 10.1. The summed E-state index contributed by atoms with van der Waals surface area (Å²) in [7, 11) is 1.87. The van der Waals surface area contributed by atoms with Gasteiger partial charge in [0.1, 0.15) is 34.4 Å². The van der Waals surface area contributed by atoms with E-state index in [0.717, 1.165) is 66.5 Å². The zero-order valence-electron chi connectivity index (χ0n) is 41.2. The summed E-state index contributed by atoms with van der Waals surface area (Å²) in [5.74, 6) is -1.74. The average molecular weight is 987 g/mol. The molecule has 71 heavy (non-hydrogen) atoms. The highest BCUT2D eigenvalue weighted by Gasteiger charge is 2.27. The Morgan fingerprint density at radius 2 is 0.972 bits per heavy atom. The molecule has 14 N–H and O–H groups in total. The minimum Gasteiger partial charge on any atom is -0.388 e. The summed E-state index contributed by atoms with van der Waals surface area (Å²) < 4.78 is 2.91. The van der Waals surface area contributed by atoms with Gasteiger partial charge in [0.15, 0.2) is 0 Å². The Labute approximate surface area is 416 Å². The maximum Gasteiger partial charge on any atom is 0.260 e. The molecule has 0 atom stereocenters. The van der Waals surface area contributed by atoms with E-state index < -0.39 is 17.7 Å². The molecule has 5 aromatic rings. The van der Waals surface area contributed by atoms with E-state index >= 15 is 0 Å². The van der Waals surface area contributed by atoms with E-state index in [1.165, 1.54) is 21.1 Å². The van der Waals surface area contributed by atoms with Crippen molar-refractivity contribution in [3.63, 3.8) is 0 Å². The minimum absolute atomic E-state index is 0.0361. The number of benzene rings is 3. The highest BCUT2D eigenvalue weighted by molar-refractivity contribution is 8.02. The molecule has 2 aromatic heterocycles. The molecule has 0 unspecified atom stereocenters. The van der Waals surface area contributed by atoms with Crippen molar-refractivity contribution in [2.24, 2.45) is 17.2 Å². The maximum atomic E-state index is 12.2. The van der Waals surface area contributed by atoms with Crippen molar-refractivity contribution >= 4 is 64.5 Å². The summed E-state index contributed by atoms with van der Waals surface area (Å²) in [4.78, 5) is 70.3. The van der Waals surface area contributed by atoms with Crippen molar-refractivity contribution in [1.29, 1.82) is 5.26 Å². The van der Waals surface area contributed by atoms with Gasteiger partial charge >= 0.3 is 0 Å². The fourth-order valence-electron chi connectivity index (χ4n) is 6.96. The Balaban J connectivity index is 0.000000184. The smallest absolute Gasteiger partial charge is 0.260 e. The molecule has 3 aliphatic rings. The number of hydrogen-bond acceptors (Lipinski definition) is 13. The average Bonchev–Trinajstić information content (AvgIpc) is 4.23. The second-order valence-corrected chi connectivity index (χ2v) is 18.4. The Kier molecular flexibility index (Phi) is 17.8. The maximum absolute atomic E-state index is 12.2. The normalized spacial score (nSPS) is 13.7. The third kappa shape index (κ3) is 14.0. The van der Waals surface area contributed by atoms with Gasteiger partial charge in [0, 0.05) is 52.5 Å². The molecule has 3 saturated carbocycles. The summed E-state index contributed by atoms with van der Waals surface area (Å²) in [5, 5.41) is 28.9. The quantitative estimate of drug-likeness (QED) is 0.0572. The van der Waals surface area contributed by atoms with Crippen LogP contribution in [-0.4, -0.2) is 86.4 Å². The van der Waals surface area contributed by atoms with Crippen LogP contribution in [0.1, 0.15) is 125 Å². The molecule has 8 rings (SSSR count). The molecule has 3 fully saturated rings. The largest absolute Gasteiger partial charge is 0.388 e. The van der Waals surface area contributed by atoms with Crippen molar-refractivity contribution in [3.8, 4) is 17.4 Å². The van der Waals surface area contributed by atoms with Crippen LogP contribution in [-0.2, 0) is 4.79 Å². The van der Waals surface area contributed by atoms with Crippen LogP contribution >= 0.6 is 11.8 Å². The first-order valence-corrected chi connectivity index (χ1v) is 24.0. The Bertz CT molecular complexity index is 2820. The summed E-state index contributed by atoms with van der Waals surface area (Å²) in [5.41, 5.74) is 36.1. The lowest BCUT2D eigenvalue weighted by Crippen LogP contribution is -2.25. The van der Waals surface area contributed by atoms with E-state index in [9.17, 15) is 28.8 Å². The van der Waals surface area contributed by atoms with Gasteiger partial charge in [-0.3, -0.25) is 28.8 Å². The molecule has 3 aliphatic carbocycles. The van der Waals surface area contributed by atoms with Crippen LogP contribution in [0, 0.1) is 45.9 Å². The molecule has 6 amide bonds. The fourth-order valence-corrected chi connectivity index (χ4v) is 7.31. The molecule has 0 aliphatic heterocycles. The van der Waals surface area contributed by atoms with E-state index in [-0.39, 0.29) is 58.1 Å². The number of amides is 6. The molecule has 374 valence electrons. The first-order chi connectivity index (χ1) is 33.6. The number of nitrogens with two attached hydrogens (primary N) is 5. The van der Waals surface area contributed by atoms with Crippen LogP contribution in [0.2, 0.25) is 0 Å². The molecule has 0 saturated heterocycles. The standard InChI is InChI=1S/2C16H19N5O2.C12H16N2O.C6H8N2OS/c2*1-8-3-4-10(16(23)19-11-5-6-11)7-12(8)21-14(17)13(15(18)22)9(2)20-21;1-8-3-4-9(7-11(8)13-2)12(15)14-10-5-6-10;1-4(10-2)5(3-7)6(8)9/h2*3-4,7,11H,5-6,17H2,1-2H3,(H2,18,22)(H,19,23);3-4,7,10,13H,5-6H2,1-2H3,(H,14,15);1-2H3,(H2,8,9)/b;;;5-4+. The van der Waals surface area contributed by atoms with Gasteiger partial charge in [-0.15, -0.1) is 11.8 Å². The first-order valence-electron chi connectivity index (χ1n) is 22.8. The number of nitrogens with zero attached hydrogens (tertiary/aromatic N) is 5. The number of rotatable bonds is 13. The molecule has 0 radical (unpaired) electrons. The van der Waals surface area contributed by atoms with Gasteiger partial charge in [0.25, 0.3) is 35.4 Å². The zero-order chi connectivity index (χ0) is 52.4. The summed E-state index contributed by atoms with van der Waals surface area (Å²) in [6.07, 6.45) is 8.13. The van der Waals surface area contributed by atoms with Crippen LogP contribution < -0.4 is 49.9 Å². The third-order valence-corrected chi connectivity index (χ3v) is 12.4. The number of primary amides is 3. The van der Waals surface area contributed by atoms with Crippen molar-refractivity contribution in [2.75, 3.05) is 30.1 Å². The van der Waals surface area contributed by atoms with Gasteiger partial charge in [0.2, 0.25) is 0 Å². The number of allylic oxidation sites excluding steroid dienone is 1. The van der Waals surface area contributed by atoms with Gasteiger partial charge < -0.3 is 49.9 Å². The zero-order valence-corrected chi connectivity index (χ0v) is 42.0. The van der Waals surface area contributed by atoms with Crippen LogP contribution in [0.15, 0.2) is 65.1 Å². The van der Waals surface area contributed by atoms with Gasteiger partial charge in [-0.1, -0.05) is 18.2 Å². The number of carbonyl (C=O) groups excluding carboxylic acids is 6. The van der Waals surface area contributed by atoms with E-state index in [0.29, 0.717) is 44.8 Å². The molecule has 21 heteroatoms. The number of carbonyl (C=O) groups is 6. The lowest BCUT2D eigenvalue weighted by Gasteiger charge is -2.11. The summed E-state index contributed by atoms with van der Waals surface area (Å²) in [6.45, 7) is 10.8. The minimum atomic E-state index is -0.658. The third-order valence-electron chi connectivity index (χ3n) is 11.6. The van der Waals surface area contributed by atoms with Gasteiger partial charge in [-0.2, -0.15) is 15.5 Å². The Morgan fingerprint density at radius 3 is 1.24 bits per heavy atom. The Morgan fingerprint density at radius 1 is 0.620 bits per heavy atom. The number of thioether (sulfide) groups is 1. The van der Waals surface area contributed by atoms with Gasteiger partial charge in [-0.05, 0) is 139 Å². The van der Waals surface area contributed by atoms with Crippen molar-refractivity contribution in [3.05, 3.63) is 121 Å². The van der Waals surface area contributed by atoms with Crippen LogP contribution in [0.25, 0.3) is 11.4 Å². The monoisotopic (exact) mass is 986 g/mol. The topological polar surface area (TPSA) is 340 Å². The summed E-state index contributed by atoms with van der Waals surface area (Å²) >= 11 is 1.34. The predicted octanol–water partition coefficient (Wildman–Crippen LogP) is 4.69. The molecular weight excluding hydrogens is 925 g/mol. The number of hydrogen-bond donors (Lipinski definition) is 9.